The van der Waals surface area contributed by atoms with Crippen molar-refractivity contribution in [2.45, 2.75) is 26.1 Å². The predicted octanol–water partition coefficient (Wildman–Crippen LogP) is 3.17. The number of alkyl halides is 3. The van der Waals surface area contributed by atoms with Crippen molar-refractivity contribution in [1.29, 1.82) is 0 Å². The molecule has 0 amide bonds. The molecule has 0 saturated heterocycles. The summed E-state index contributed by atoms with van der Waals surface area (Å²) >= 11 is 0. The Bertz CT molecular complexity index is 458. The van der Waals surface area contributed by atoms with Gasteiger partial charge in [-0.25, -0.2) is 4.79 Å². The minimum Gasteiger partial charge on any atom is -0.468 e. The number of methoxy groups -OCH3 is 1. The molecule has 0 aliphatic heterocycles. The molecule has 0 bridgehead atoms. The molecule has 1 rings (SSSR count). The third kappa shape index (κ3) is 4.23. The zero-order chi connectivity index (χ0) is 15.3. The quantitative estimate of drug-likeness (QED) is 0.846. The first kappa shape index (κ1) is 16.5. The molecule has 1 aromatic rings. The number of esters is 1. The summed E-state index contributed by atoms with van der Waals surface area (Å²) in [6.07, 6.45) is -4.51. The van der Waals surface area contributed by atoms with Gasteiger partial charge >= 0.3 is 12.1 Å². The van der Waals surface area contributed by atoms with Crippen LogP contribution in [0, 0.1) is 5.92 Å². The lowest BCUT2D eigenvalue weighted by Gasteiger charge is -2.21. The molecule has 1 unspecified atom stereocenters. The molecule has 0 heterocycles. The van der Waals surface area contributed by atoms with Gasteiger partial charge in [0.2, 0.25) is 0 Å². The molecular weight excluding hydrogens is 271 g/mol. The van der Waals surface area contributed by atoms with Crippen LogP contribution in [0.1, 0.15) is 31.0 Å². The van der Waals surface area contributed by atoms with E-state index in [0.29, 0.717) is 6.54 Å². The fourth-order valence-corrected chi connectivity index (χ4v) is 1.80. The average Bonchev–Trinajstić information content (AvgIpc) is 2.37. The van der Waals surface area contributed by atoms with E-state index in [9.17, 15) is 18.0 Å². The van der Waals surface area contributed by atoms with Crippen molar-refractivity contribution in [3.8, 4) is 0 Å². The molecule has 6 heteroatoms. The first-order valence-corrected chi connectivity index (χ1v) is 6.24. The molecule has 1 atom stereocenters. The molecule has 112 valence electrons. The van der Waals surface area contributed by atoms with Gasteiger partial charge in [0.15, 0.2) is 0 Å². The maximum Gasteiger partial charge on any atom is 0.416 e. The number of nitrogens with one attached hydrogen (secondary N) is 1. The van der Waals surface area contributed by atoms with Gasteiger partial charge in [0, 0.05) is 0 Å². The monoisotopic (exact) mass is 289 g/mol. The Morgan fingerprint density at radius 2 is 1.90 bits per heavy atom. The largest absolute Gasteiger partial charge is 0.468 e. The fourth-order valence-electron chi connectivity index (χ4n) is 1.80. The smallest absolute Gasteiger partial charge is 0.416 e. The average molecular weight is 289 g/mol. The van der Waals surface area contributed by atoms with Crippen LogP contribution in [0.4, 0.5) is 13.2 Å². The summed E-state index contributed by atoms with van der Waals surface area (Å²) in [5, 5.41) is 2.82. The Morgan fingerprint density at radius 3 is 2.40 bits per heavy atom. The molecule has 3 nitrogen and oxygen atoms in total. The summed E-state index contributed by atoms with van der Waals surface area (Å²) < 4.78 is 43.6. The lowest BCUT2D eigenvalue weighted by atomic mass is 9.99. The molecule has 1 N–H and O–H groups in total. The summed E-state index contributed by atoms with van der Waals surface area (Å²) in [6.45, 7) is 4.21. The van der Waals surface area contributed by atoms with E-state index in [4.69, 9.17) is 0 Å². The van der Waals surface area contributed by atoms with Crippen molar-refractivity contribution >= 4 is 5.97 Å². The van der Waals surface area contributed by atoms with Crippen LogP contribution in [0.25, 0.3) is 0 Å². The molecule has 0 aromatic heterocycles. The van der Waals surface area contributed by atoms with Crippen molar-refractivity contribution in [2.24, 2.45) is 5.92 Å². The van der Waals surface area contributed by atoms with E-state index in [-0.39, 0.29) is 11.5 Å². The van der Waals surface area contributed by atoms with E-state index in [0.717, 1.165) is 13.2 Å². The van der Waals surface area contributed by atoms with Crippen molar-refractivity contribution in [2.75, 3.05) is 13.7 Å². The normalized spacial score (nSPS) is 13.3. The summed E-state index contributed by atoms with van der Waals surface area (Å²) in [5.41, 5.74) is -0.945. The SMILES string of the molecule is COC(=O)C(NCC(C)C)c1ccccc1C(F)(F)F. The minimum absolute atomic E-state index is 0.118. The van der Waals surface area contributed by atoms with E-state index < -0.39 is 23.8 Å². The fraction of sp³-hybridized carbons (Fsp3) is 0.500. The first-order valence-electron chi connectivity index (χ1n) is 6.24. The second-order valence-corrected chi connectivity index (χ2v) is 4.84. The van der Waals surface area contributed by atoms with E-state index in [1.54, 1.807) is 0 Å². The molecule has 0 radical (unpaired) electrons. The van der Waals surface area contributed by atoms with Crippen LogP contribution in [0.5, 0.6) is 0 Å². The number of carbonyl (C=O) groups excluding carboxylic acids is 1. The molecule has 1 aromatic carbocycles. The van der Waals surface area contributed by atoms with Gasteiger partial charge in [-0.1, -0.05) is 32.0 Å². The number of carbonyl (C=O) groups is 1. The highest BCUT2D eigenvalue weighted by molar-refractivity contribution is 5.78. The summed E-state index contributed by atoms with van der Waals surface area (Å²) in [5.74, 6) is -0.539. The Hall–Kier alpha value is -1.56. The Kier molecular flexibility index (Phi) is 5.56. The highest BCUT2D eigenvalue weighted by Crippen LogP contribution is 2.34. The summed E-state index contributed by atoms with van der Waals surface area (Å²) in [6, 6.07) is 3.89. The Labute approximate surface area is 116 Å². The van der Waals surface area contributed by atoms with Gasteiger partial charge in [-0.3, -0.25) is 0 Å². The third-order valence-electron chi connectivity index (χ3n) is 2.74. The lowest BCUT2D eigenvalue weighted by molar-refractivity contribution is -0.145. The van der Waals surface area contributed by atoms with E-state index >= 15 is 0 Å². The van der Waals surface area contributed by atoms with Crippen molar-refractivity contribution < 1.29 is 22.7 Å². The number of hydrogen-bond acceptors (Lipinski definition) is 3. The van der Waals surface area contributed by atoms with Gasteiger partial charge in [0.1, 0.15) is 6.04 Å². The Morgan fingerprint density at radius 1 is 1.30 bits per heavy atom. The predicted molar refractivity (Wildman–Crippen MR) is 69.0 cm³/mol. The van der Waals surface area contributed by atoms with E-state index in [1.165, 1.54) is 18.2 Å². The summed E-state index contributed by atoms with van der Waals surface area (Å²) in [7, 11) is 1.16. The van der Waals surface area contributed by atoms with Crippen LogP contribution in [-0.4, -0.2) is 19.6 Å². The van der Waals surface area contributed by atoms with Crippen LogP contribution >= 0.6 is 0 Å². The van der Waals surface area contributed by atoms with E-state index in [2.05, 4.69) is 10.1 Å². The molecule has 0 aliphatic carbocycles. The third-order valence-corrected chi connectivity index (χ3v) is 2.74. The van der Waals surface area contributed by atoms with Gasteiger partial charge in [-0.15, -0.1) is 0 Å². The van der Waals surface area contributed by atoms with Gasteiger partial charge in [0.05, 0.1) is 12.7 Å². The second-order valence-electron chi connectivity index (χ2n) is 4.84. The maximum absolute atomic E-state index is 13.0. The number of ether oxygens (including phenoxy) is 1. The number of rotatable bonds is 5. The van der Waals surface area contributed by atoms with Crippen LogP contribution in [0.3, 0.4) is 0 Å². The zero-order valence-electron chi connectivity index (χ0n) is 11.6. The highest BCUT2D eigenvalue weighted by Gasteiger charge is 2.36. The van der Waals surface area contributed by atoms with Crippen LogP contribution in [0.2, 0.25) is 0 Å². The molecule has 0 saturated carbocycles. The molecule has 0 aliphatic rings. The van der Waals surface area contributed by atoms with Gasteiger partial charge < -0.3 is 10.1 Å². The van der Waals surface area contributed by atoms with Crippen LogP contribution < -0.4 is 5.32 Å². The van der Waals surface area contributed by atoms with Crippen molar-refractivity contribution in [1.82, 2.24) is 5.32 Å². The van der Waals surface area contributed by atoms with Crippen molar-refractivity contribution in [3.63, 3.8) is 0 Å². The van der Waals surface area contributed by atoms with Gasteiger partial charge in [-0.2, -0.15) is 13.2 Å². The molecule has 0 fully saturated rings. The number of halogens is 3. The van der Waals surface area contributed by atoms with Crippen LogP contribution in [0.15, 0.2) is 24.3 Å². The highest BCUT2D eigenvalue weighted by atomic mass is 19.4. The second kappa shape index (κ2) is 6.74. The van der Waals surface area contributed by atoms with Gasteiger partial charge in [0.25, 0.3) is 0 Å². The maximum atomic E-state index is 13.0. The summed E-state index contributed by atoms with van der Waals surface area (Å²) in [4.78, 5) is 11.8. The molecule has 20 heavy (non-hydrogen) atoms. The minimum atomic E-state index is -4.51. The number of hydrogen-bond donors (Lipinski definition) is 1. The van der Waals surface area contributed by atoms with E-state index in [1.807, 2.05) is 13.8 Å². The standard InChI is InChI=1S/C14H18F3NO2/c1-9(2)8-18-12(13(19)20-3)10-6-4-5-7-11(10)14(15,16)17/h4-7,9,12,18H,8H2,1-3H3. The van der Waals surface area contributed by atoms with Crippen LogP contribution in [-0.2, 0) is 15.7 Å². The number of benzene rings is 1. The molecule has 0 spiro atoms. The van der Waals surface area contributed by atoms with Crippen molar-refractivity contribution in [3.05, 3.63) is 35.4 Å². The lowest BCUT2D eigenvalue weighted by Crippen LogP contribution is -2.33. The Balaban J connectivity index is 3.17. The first-order chi connectivity index (χ1) is 9.27. The van der Waals surface area contributed by atoms with Gasteiger partial charge in [-0.05, 0) is 24.1 Å². The molecular formula is C14H18F3NO2. The topological polar surface area (TPSA) is 38.3 Å². The zero-order valence-corrected chi connectivity index (χ0v) is 11.6.